The van der Waals surface area contributed by atoms with E-state index in [-0.39, 0.29) is 29.4 Å². The molecule has 28 heavy (non-hydrogen) atoms. The van der Waals surface area contributed by atoms with Crippen LogP contribution in [-0.4, -0.2) is 50.5 Å². The highest BCUT2D eigenvalue weighted by molar-refractivity contribution is 14.0. The van der Waals surface area contributed by atoms with E-state index in [4.69, 9.17) is 18.9 Å². The second-order valence-electron chi connectivity index (χ2n) is 8.63. The van der Waals surface area contributed by atoms with Crippen LogP contribution in [0.1, 0.15) is 45.3 Å². The number of ether oxygens (including phenoxy) is 2. The minimum atomic E-state index is 0. The fourth-order valence-electron chi connectivity index (χ4n) is 4.86. The van der Waals surface area contributed by atoms with Crippen molar-refractivity contribution in [2.24, 2.45) is 16.3 Å². The Labute approximate surface area is 185 Å². The maximum Gasteiger partial charge on any atom is 0.191 e. The lowest BCUT2D eigenvalue weighted by Gasteiger charge is -2.60. The maximum absolute atomic E-state index is 6.05. The molecule has 0 radical (unpaired) electrons. The Morgan fingerprint density at radius 2 is 2.00 bits per heavy atom. The molecule has 0 aromatic carbocycles. The van der Waals surface area contributed by atoms with Gasteiger partial charge in [-0.15, -0.1) is 24.0 Å². The lowest BCUT2D eigenvalue weighted by Crippen LogP contribution is -2.71. The number of nitrogens with one attached hydrogen (secondary N) is 2. The molecule has 1 aliphatic carbocycles. The first kappa shape index (κ1) is 21.9. The first-order valence-electron chi connectivity index (χ1n) is 10.4. The second kappa shape index (κ2) is 9.80. The molecular formula is C21H34IN3O3. The van der Waals surface area contributed by atoms with Gasteiger partial charge in [0.05, 0.1) is 12.4 Å². The van der Waals surface area contributed by atoms with Gasteiger partial charge in [0.25, 0.3) is 0 Å². The van der Waals surface area contributed by atoms with Gasteiger partial charge in [-0.1, -0.05) is 13.8 Å². The van der Waals surface area contributed by atoms with E-state index in [1.165, 1.54) is 6.42 Å². The molecule has 2 saturated heterocycles. The summed E-state index contributed by atoms with van der Waals surface area (Å²) >= 11 is 0. The first-order valence-corrected chi connectivity index (χ1v) is 10.4. The molecule has 7 heteroatoms. The number of fused-ring (bicyclic) bond motifs is 1. The number of hydrogen-bond donors (Lipinski definition) is 2. The fraction of sp³-hybridized carbons (Fsp3) is 0.762. The van der Waals surface area contributed by atoms with Crippen LogP contribution in [0.25, 0.3) is 0 Å². The van der Waals surface area contributed by atoms with Crippen molar-refractivity contribution in [3.8, 4) is 0 Å². The monoisotopic (exact) mass is 503 g/mol. The van der Waals surface area contributed by atoms with Crippen LogP contribution < -0.4 is 10.6 Å². The van der Waals surface area contributed by atoms with E-state index < -0.39 is 0 Å². The summed E-state index contributed by atoms with van der Waals surface area (Å²) in [5, 5.41) is 7.41. The van der Waals surface area contributed by atoms with E-state index in [2.05, 4.69) is 24.5 Å². The van der Waals surface area contributed by atoms with Gasteiger partial charge < -0.3 is 24.5 Å². The van der Waals surface area contributed by atoms with Gasteiger partial charge in [-0.25, -0.2) is 0 Å². The zero-order valence-electron chi connectivity index (χ0n) is 17.0. The van der Waals surface area contributed by atoms with Gasteiger partial charge in [0.15, 0.2) is 5.96 Å². The smallest absolute Gasteiger partial charge is 0.191 e. The van der Waals surface area contributed by atoms with Crippen LogP contribution in [0.4, 0.5) is 0 Å². The fourth-order valence-corrected chi connectivity index (χ4v) is 4.86. The Bertz CT molecular complexity index is 629. The quantitative estimate of drug-likeness (QED) is 0.367. The van der Waals surface area contributed by atoms with Crippen molar-refractivity contribution in [3.05, 3.63) is 24.2 Å². The Kier molecular flexibility index (Phi) is 7.67. The highest BCUT2D eigenvalue weighted by Crippen LogP contribution is 2.51. The van der Waals surface area contributed by atoms with Gasteiger partial charge in [0, 0.05) is 56.2 Å². The zero-order chi connectivity index (χ0) is 18.7. The predicted molar refractivity (Wildman–Crippen MR) is 120 cm³/mol. The normalized spacial score (nSPS) is 29.9. The number of guanidine groups is 1. The summed E-state index contributed by atoms with van der Waals surface area (Å²) < 4.78 is 17.0. The van der Waals surface area contributed by atoms with Gasteiger partial charge >= 0.3 is 0 Å². The summed E-state index contributed by atoms with van der Waals surface area (Å²) in [5.41, 5.74) is 0.129. The van der Waals surface area contributed by atoms with Crippen molar-refractivity contribution in [1.29, 1.82) is 0 Å². The maximum atomic E-state index is 6.05. The molecule has 0 amide bonds. The van der Waals surface area contributed by atoms with Gasteiger partial charge in [-0.2, -0.15) is 0 Å². The number of nitrogens with zero attached hydrogens (tertiary/aromatic N) is 1. The summed E-state index contributed by atoms with van der Waals surface area (Å²) in [7, 11) is 0. The molecule has 3 unspecified atom stereocenters. The molecule has 3 aliphatic rings. The molecule has 3 heterocycles. The lowest BCUT2D eigenvalue weighted by atomic mass is 9.55. The number of hydrogen-bond acceptors (Lipinski definition) is 4. The Morgan fingerprint density at radius 1 is 1.18 bits per heavy atom. The predicted octanol–water partition coefficient (Wildman–Crippen LogP) is 3.36. The molecule has 4 rings (SSSR count). The summed E-state index contributed by atoms with van der Waals surface area (Å²) in [4.78, 5) is 4.87. The Hall–Kier alpha value is -0.800. The largest absolute Gasteiger partial charge is 0.469 e. The zero-order valence-corrected chi connectivity index (χ0v) is 19.3. The summed E-state index contributed by atoms with van der Waals surface area (Å²) in [5.74, 6) is 2.49. The van der Waals surface area contributed by atoms with E-state index >= 15 is 0 Å². The van der Waals surface area contributed by atoms with Crippen LogP contribution in [-0.2, 0) is 15.9 Å². The minimum absolute atomic E-state index is 0. The molecule has 6 nitrogen and oxygen atoms in total. The molecule has 0 spiro atoms. The van der Waals surface area contributed by atoms with Crippen LogP contribution >= 0.6 is 24.0 Å². The van der Waals surface area contributed by atoms with Gasteiger partial charge in [0.1, 0.15) is 5.76 Å². The van der Waals surface area contributed by atoms with Crippen molar-refractivity contribution in [2.75, 3.05) is 26.4 Å². The minimum Gasteiger partial charge on any atom is -0.469 e. The molecule has 1 aromatic rings. The number of aliphatic imine (C=N–C) groups is 1. The Balaban J connectivity index is 0.00000225. The van der Waals surface area contributed by atoms with Crippen molar-refractivity contribution in [2.45, 2.75) is 64.1 Å². The highest BCUT2D eigenvalue weighted by Gasteiger charge is 2.58. The highest BCUT2D eigenvalue weighted by atomic mass is 127. The van der Waals surface area contributed by atoms with E-state index in [0.717, 1.165) is 57.2 Å². The molecule has 3 fully saturated rings. The molecule has 0 bridgehead atoms. The van der Waals surface area contributed by atoms with E-state index in [9.17, 15) is 0 Å². The molecule has 2 N–H and O–H groups in total. The lowest BCUT2D eigenvalue weighted by molar-refractivity contribution is -0.188. The standard InChI is InChI=1S/C21H33N3O3.HI/c1-21(2)18(17-6-4-12-27-19(17)21)24-20(23-15-8-13-25-14-9-15)22-10-7-16-5-3-11-26-16;/h3,5,11,15,17-19H,4,6-10,12-14H2,1-2H3,(H2,22,23,24);1H. The summed E-state index contributed by atoms with van der Waals surface area (Å²) in [6, 6.07) is 4.76. The summed E-state index contributed by atoms with van der Waals surface area (Å²) in [6.45, 7) is 7.89. The van der Waals surface area contributed by atoms with Crippen LogP contribution in [0.2, 0.25) is 0 Å². The van der Waals surface area contributed by atoms with Crippen LogP contribution in [0.5, 0.6) is 0 Å². The third-order valence-corrected chi connectivity index (χ3v) is 6.39. The Morgan fingerprint density at radius 3 is 2.75 bits per heavy atom. The third kappa shape index (κ3) is 4.84. The molecule has 3 atom stereocenters. The van der Waals surface area contributed by atoms with Crippen molar-refractivity contribution >= 4 is 29.9 Å². The third-order valence-electron chi connectivity index (χ3n) is 6.39. The second-order valence-corrected chi connectivity index (χ2v) is 8.63. The first-order chi connectivity index (χ1) is 13.1. The molecule has 1 aromatic heterocycles. The molecule has 1 saturated carbocycles. The number of halogens is 1. The number of rotatable bonds is 5. The van der Waals surface area contributed by atoms with Gasteiger partial charge in [-0.3, -0.25) is 4.99 Å². The molecular weight excluding hydrogens is 469 g/mol. The SMILES string of the molecule is CC1(C)C(NC(=NCCc2ccco2)NC2CCOCC2)C2CCCOC21.I. The van der Waals surface area contributed by atoms with Crippen LogP contribution in [0, 0.1) is 11.3 Å². The molecule has 2 aliphatic heterocycles. The average molecular weight is 503 g/mol. The van der Waals surface area contributed by atoms with E-state index in [0.29, 0.717) is 30.7 Å². The topological polar surface area (TPSA) is 68.0 Å². The molecule has 158 valence electrons. The van der Waals surface area contributed by atoms with Crippen molar-refractivity contribution < 1.29 is 13.9 Å². The summed E-state index contributed by atoms with van der Waals surface area (Å²) in [6.07, 6.45) is 7.37. The average Bonchev–Trinajstić information content (AvgIpc) is 3.20. The number of furan rings is 1. The van der Waals surface area contributed by atoms with Crippen LogP contribution in [0.15, 0.2) is 27.8 Å². The van der Waals surface area contributed by atoms with Gasteiger partial charge in [0.2, 0.25) is 0 Å². The van der Waals surface area contributed by atoms with Crippen molar-refractivity contribution in [3.63, 3.8) is 0 Å². The van der Waals surface area contributed by atoms with Gasteiger partial charge in [-0.05, 0) is 37.8 Å². The van der Waals surface area contributed by atoms with Crippen molar-refractivity contribution in [1.82, 2.24) is 10.6 Å². The van der Waals surface area contributed by atoms with E-state index in [1.807, 2.05) is 12.1 Å². The van der Waals surface area contributed by atoms with E-state index in [1.54, 1.807) is 6.26 Å². The van der Waals surface area contributed by atoms with Crippen LogP contribution in [0.3, 0.4) is 0 Å².